The Morgan fingerprint density at radius 1 is 1.52 bits per heavy atom. The molecule has 1 unspecified atom stereocenters. The number of aromatic nitrogens is 3. The van der Waals surface area contributed by atoms with Gasteiger partial charge in [0.1, 0.15) is 11.9 Å². The molecular weight excluding hydrogens is 294 g/mol. The summed E-state index contributed by atoms with van der Waals surface area (Å²) in [5.41, 5.74) is 0.706. The predicted molar refractivity (Wildman–Crippen MR) is 78.3 cm³/mol. The van der Waals surface area contributed by atoms with E-state index in [4.69, 9.17) is 4.52 Å². The van der Waals surface area contributed by atoms with E-state index >= 15 is 0 Å². The summed E-state index contributed by atoms with van der Waals surface area (Å²) >= 11 is 0. The first-order chi connectivity index (χ1) is 9.66. The van der Waals surface area contributed by atoms with Gasteiger partial charge >= 0.3 is 0 Å². The molecule has 0 radical (unpaired) electrons. The monoisotopic (exact) mass is 311 g/mol. The molecule has 1 fully saturated rings. The van der Waals surface area contributed by atoms with Crippen molar-refractivity contribution in [3.63, 3.8) is 0 Å². The molecule has 1 aliphatic rings. The van der Waals surface area contributed by atoms with E-state index in [0.717, 1.165) is 12.4 Å². The number of carbonyl (C=O) groups is 1. The lowest BCUT2D eigenvalue weighted by atomic mass is 10.1. The maximum atomic E-state index is 12.6. The van der Waals surface area contributed by atoms with Crippen LogP contribution in [0.4, 0.5) is 0 Å². The summed E-state index contributed by atoms with van der Waals surface area (Å²) in [6.07, 6.45) is 3.62. The summed E-state index contributed by atoms with van der Waals surface area (Å²) in [4.78, 5) is 18.7. The highest BCUT2D eigenvalue weighted by Crippen LogP contribution is 2.22. The van der Waals surface area contributed by atoms with Gasteiger partial charge in [0, 0.05) is 45.1 Å². The zero-order valence-electron chi connectivity index (χ0n) is 11.9. The van der Waals surface area contributed by atoms with Gasteiger partial charge in [0.2, 0.25) is 5.76 Å². The fourth-order valence-electron chi connectivity index (χ4n) is 2.48. The van der Waals surface area contributed by atoms with E-state index in [-0.39, 0.29) is 30.1 Å². The second-order valence-corrected chi connectivity index (χ2v) is 4.95. The molecule has 3 heterocycles. The van der Waals surface area contributed by atoms with Gasteiger partial charge in [-0.2, -0.15) is 0 Å². The Hall–Kier alpha value is -1.86. The van der Waals surface area contributed by atoms with Crippen molar-refractivity contribution in [3.8, 4) is 0 Å². The molecule has 1 N–H and O–H groups in total. The Bertz CT molecular complexity index is 624. The van der Waals surface area contributed by atoms with Crippen molar-refractivity contribution in [3.05, 3.63) is 35.7 Å². The number of amides is 1. The molecule has 3 rings (SSSR count). The topological polar surface area (TPSA) is 76.2 Å². The average Bonchev–Trinajstić information content (AvgIpc) is 3.07. The zero-order chi connectivity index (χ0) is 14.1. The van der Waals surface area contributed by atoms with Gasteiger partial charge < -0.3 is 19.3 Å². The van der Waals surface area contributed by atoms with Crippen molar-refractivity contribution in [2.75, 3.05) is 19.6 Å². The molecule has 1 saturated heterocycles. The predicted octanol–water partition coefficient (Wildman–Crippen LogP) is 0.925. The summed E-state index contributed by atoms with van der Waals surface area (Å²) in [7, 11) is 1.93. The normalized spacial score (nSPS) is 18.4. The number of nitrogens with one attached hydrogen (secondary N) is 1. The summed E-state index contributed by atoms with van der Waals surface area (Å²) in [5.74, 6) is 1.01. The highest BCUT2D eigenvalue weighted by molar-refractivity contribution is 5.91. The third-order valence-corrected chi connectivity index (χ3v) is 3.50. The molecule has 21 heavy (non-hydrogen) atoms. The van der Waals surface area contributed by atoms with Gasteiger partial charge in [0.15, 0.2) is 0 Å². The van der Waals surface area contributed by atoms with Crippen LogP contribution in [0, 0.1) is 6.92 Å². The van der Waals surface area contributed by atoms with Crippen molar-refractivity contribution in [1.82, 2.24) is 24.9 Å². The Balaban J connectivity index is 0.00000161. The number of piperazine rings is 1. The molecule has 1 aliphatic heterocycles. The van der Waals surface area contributed by atoms with Crippen LogP contribution in [0.2, 0.25) is 0 Å². The molecule has 1 amide bonds. The molecule has 0 saturated carbocycles. The highest BCUT2D eigenvalue weighted by atomic mass is 35.5. The number of hydrogen-bond donors (Lipinski definition) is 1. The smallest absolute Gasteiger partial charge is 0.293 e. The third kappa shape index (κ3) is 2.93. The quantitative estimate of drug-likeness (QED) is 0.892. The van der Waals surface area contributed by atoms with Crippen LogP contribution in [0.3, 0.4) is 0 Å². The Labute approximate surface area is 128 Å². The lowest BCUT2D eigenvalue weighted by Crippen LogP contribution is -2.49. The van der Waals surface area contributed by atoms with Gasteiger partial charge in [0.05, 0.1) is 5.69 Å². The molecule has 7 nitrogen and oxygen atoms in total. The van der Waals surface area contributed by atoms with Crippen molar-refractivity contribution < 1.29 is 9.32 Å². The average molecular weight is 312 g/mol. The molecule has 0 spiro atoms. The van der Waals surface area contributed by atoms with Crippen molar-refractivity contribution in [1.29, 1.82) is 0 Å². The van der Waals surface area contributed by atoms with Crippen LogP contribution in [-0.4, -0.2) is 45.1 Å². The second-order valence-electron chi connectivity index (χ2n) is 4.95. The van der Waals surface area contributed by atoms with E-state index in [9.17, 15) is 4.79 Å². The lowest BCUT2D eigenvalue weighted by Gasteiger charge is -2.35. The van der Waals surface area contributed by atoms with Gasteiger partial charge in [-0.05, 0) is 6.92 Å². The van der Waals surface area contributed by atoms with Crippen LogP contribution in [-0.2, 0) is 7.05 Å². The van der Waals surface area contributed by atoms with Gasteiger partial charge in [-0.3, -0.25) is 4.79 Å². The Morgan fingerprint density at radius 3 is 2.95 bits per heavy atom. The molecule has 8 heteroatoms. The van der Waals surface area contributed by atoms with Crippen LogP contribution in [0.25, 0.3) is 0 Å². The van der Waals surface area contributed by atoms with Gasteiger partial charge in [-0.1, -0.05) is 5.16 Å². The number of imidazole rings is 1. The molecule has 2 aromatic rings. The first kappa shape index (κ1) is 15.5. The van der Waals surface area contributed by atoms with Crippen molar-refractivity contribution >= 4 is 18.3 Å². The van der Waals surface area contributed by atoms with Crippen molar-refractivity contribution in [2.24, 2.45) is 7.05 Å². The number of hydrogen-bond acceptors (Lipinski definition) is 5. The minimum atomic E-state index is -0.139. The van der Waals surface area contributed by atoms with E-state index < -0.39 is 0 Å². The summed E-state index contributed by atoms with van der Waals surface area (Å²) in [6.45, 7) is 3.87. The van der Waals surface area contributed by atoms with E-state index in [0.29, 0.717) is 18.8 Å². The number of carbonyl (C=O) groups excluding carboxylic acids is 1. The van der Waals surface area contributed by atoms with Crippen LogP contribution in [0.15, 0.2) is 23.0 Å². The first-order valence-corrected chi connectivity index (χ1v) is 6.59. The number of nitrogens with zero attached hydrogens (tertiary/aromatic N) is 4. The minimum Gasteiger partial charge on any atom is -0.351 e. The fraction of sp³-hybridized carbons (Fsp3) is 0.462. The fourth-order valence-corrected chi connectivity index (χ4v) is 2.48. The molecule has 0 bridgehead atoms. The molecule has 0 aromatic carbocycles. The van der Waals surface area contributed by atoms with Gasteiger partial charge in [-0.25, -0.2) is 4.98 Å². The standard InChI is InChI=1S/C13H17N5O2.ClH/c1-9-7-11(20-16-9)13(19)18-6-3-14-8-10(18)12-15-4-5-17(12)2;/h4-5,7,10,14H,3,6,8H2,1-2H3;1H. The zero-order valence-corrected chi connectivity index (χ0v) is 12.8. The Morgan fingerprint density at radius 2 is 2.33 bits per heavy atom. The number of halogens is 1. The third-order valence-electron chi connectivity index (χ3n) is 3.50. The highest BCUT2D eigenvalue weighted by Gasteiger charge is 2.32. The summed E-state index contributed by atoms with van der Waals surface area (Å²) < 4.78 is 7.02. The van der Waals surface area contributed by atoms with Crippen LogP contribution in [0.5, 0.6) is 0 Å². The lowest BCUT2D eigenvalue weighted by molar-refractivity contribution is 0.0578. The van der Waals surface area contributed by atoms with Gasteiger partial charge in [-0.15, -0.1) is 12.4 Å². The Kier molecular flexibility index (Phi) is 4.64. The largest absolute Gasteiger partial charge is 0.351 e. The van der Waals surface area contributed by atoms with E-state index in [1.807, 2.05) is 17.8 Å². The summed E-state index contributed by atoms with van der Waals surface area (Å²) in [6, 6.07) is 1.57. The SMILES string of the molecule is Cc1cc(C(=O)N2CCNCC2c2nccn2C)on1.Cl. The van der Waals surface area contributed by atoms with E-state index in [1.54, 1.807) is 24.1 Å². The molecule has 0 aliphatic carbocycles. The number of aryl methyl sites for hydroxylation is 2. The molecule has 1 atom stereocenters. The van der Waals surface area contributed by atoms with Crippen LogP contribution in [0.1, 0.15) is 28.1 Å². The minimum absolute atomic E-state index is 0. The first-order valence-electron chi connectivity index (χ1n) is 6.59. The maximum Gasteiger partial charge on any atom is 0.293 e. The van der Waals surface area contributed by atoms with E-state index in [1.165, 1.54) is 0 Å². The molecule has 2 aromatic heterocycles. The number of rotatable bonds is 2. The van der Waals surface area contributed by atoms with Gasteiger partial charge in [0.25, 0.3) is 5.91 Å². The summed E-state index contributed by atoms with van der Waals surface area (Å²) in [5, 5.41) is 7.08. The second kappa shape index (κ2) is 6.28. The molecule has 114 valence electrons. The molecular formula is C13H18ClN5O2. The van der Waals surface area contributed by atoms with Crippen LogP contribution < -0.4 is 5.32 Å². The van der Waals surface area contributed by atoms with Crippen molar-refractivity contribution in [2.45, 2.75) is 13.0 Å². The maximum absolute atomic E-state index is 12.6. The van der Waals surface area contributed by atoms with Crippen LogP contribution >= 0.6 is 12.4 Å². The van der Waals surface area contributed by atoms with E-state index in [2.05, 4.69) is 15.5 Å².